The van der Waals surface area contributed by atoms with Crippen LogP contribution in [0.25, 0.3) is 0 Å². The van der Waals surface area contributed by atoms with E-state index in [1.165, 1.54) is 12.8 Å². The molecule has 2 aromatic heterocycles. The summed E-state index contributed by atoms with van der Waals surface area (Å²) in [6, 6.07) is 5.38. The van der Waals surface area contributed by atoms with Crippen molar-refractivity contribution in [1.82, 2.24) is 15.1 Å². The Bertz CT molecular complexity index is 517. The molecule has 0 aliphatic heterocycles. The van der Waals surface area contributed by atoms with E-state index in [-0.39, 0.29) is 5.91 Å². The molecule has 0 atom stereocenters. The fourth-order valence-corrected chi connectivity index (χ4v) is 1.98. The van der Waals surface area contributed by atoms with Gasteiger partial charge in [0, 0.05) is 18.9 Å². The average molecular weight is 275 g/mol. The van der Waals surface area contributed by atoms with E-state index >= 15 is 0 Å². The van der Waals surface area contributed by atoms with Gasteiger partial charge in [0.2, 0.25) is 0 Å². The molecule has 0 aromatic carbocycles. The minimum absolute atomic E-state index is 0.145. The normalized spacial score (nSPS) is 10.7. The highest BCUT2D eigenvalue weighted by Crippen LogP contribution is 2.09. The zero-order chi connectivity index (χ0) is 14.2. The summed E-state index contributed by atoms with van der Waals surface area (Å²) >= 11 is 0. The summed E-state index contributed by atoms with van der Waals surface area (Å²) in [6.45, 7) is 3.41. The topological polar surface area (TPSA) is 60.1 Å². The van der Waals surface area contributed by atoms with Gasteiger partial charge < -0.3 is 9.73 Å². The van der Waals surface area contributed by atoms with Crippen LogP contribution < -0.4 is 5.32 Å². The van der Waals surface area contributed by atoms with Gasteiger partial charge >= 0.3 is 0 Å². The Labute approximate surface area is 119 Å². The van der Waals surface area contributed by atoms with Crippen LogP contribution in [0.1, 0.15) is 48.9 Å². The third-order valence-corrected chi connectivity index (χ3v) is 3.08. The molecule has 0 aliphatic carbocycles. The van der Waals surface area contributed by atoms with Crippen molar-refractivity contribution in [3.63, 3.8) is 0 Å². The molecule has 0 aliphatic rings. The third-order valence-electron chi connectivity index (χ3n) is 3.08. The molecule has 1 N–H and O–H groups in total. The first-order valence-corrected chi connectivity index (χ1v) is 7.14. The molecule has 2 heterocycles. The lowest BCUT2D eigenvalue weighted by molar-refractivity contribution is 0.0923. The van der Waals surface area contributed by atoms with Crippen molar-refractivity contribution in [2.75, 3.05) is 6.54 Å². The van der Waals surface area contributed by atoms with Gasteiger partial charge in [-0.3, -0.25) is 9.48 Å². The van der Waals surface area contributed by atoms with Gasteiger partial charge in [-0.1, -0.05) is 26.2 Å². The lowest BCUT2D eigenvalue weighted by Crippen LogP contribution is -2.23. The van der Waals surface area contributed by atoms with Crippen molar-refractivity contribution in [3.05, 3.63) is 42.1 Å². The molecule has 0 radical (unpaired) electrons. The van der Waals surface area contributed by atoms with E-state index in [1.807, 2.05) is 18.3 Å². The summed E-state index contributed by atoms with van der Waals surface area (Å²) in [5, 5.41) is 6.97. The van der Waals surface area contributed by atoms with Crippen molar-refractivity contribution < 1.29 is 9.21 Å². The first-order chi connectivity index (χ1) is 9.79. The van der Waals surface area contributed by atoms with Gasteiger partial charge in [-0.25, -0.2) is 0 Å². The summed E-state index contributed by atoms with van der Waals surface area (Å²) in [7, 11) is 0. The van der Waals surface area contributed by atoms with Gasteiger partial charge in [0.05, 0.1) is 6.54 Å². The van der Waals surface area contributed by atoms with E-state index in [2.05, 4.69) is 17.3 Å². The maximum atomic E-state index is 11.9. The highest BCUT2D eigenvalue weighted by Gasteiger charge is 2.10. The number of carbonyl (C=O) groups is 1. The van der Waals surface area contributed by atoms with Crippen LogP contribution in [-0.4, -0.2) is 22.2 Å². The number of rotatable bonds is 8. The van der Waals surface area contributed by atoms with Crippen LogP contribution in [0.3, 0.4) is 0 Å². The van der Waals surface area contributed by atoms with E-state index < -0.39 is 0 Å². The summed E-state index contributed by atoms with van der Waals surface area (Å²) < 4.78 is 7.28. The first kappa shape index (κ1) is 14.4. The van der Waals surface area contributed by atoms with Crippen molar-refractivity contribution in [2.24, 2.45) is 0 Å². The molecule has 0 spiro atoms. The van der Waals surface area contributed by atoms with E-state index in [4.69, 9.17) is 4.42 Å². The summed E-state index contributed by atoms with van der Waals surface area (Å²) in [5.41, 5.74) is 0. The van der Waals surface area contributed by atoms with Gasteiger partial charge in [-0.2, -0.15) is 5.10 Å². The van der Waals surface area contributed by atoms with Crippen LogP contribution in [-0.2, 0) is 6.54 Å². The average Bonchev–Trinajstić information content (AvgIpc) is 3.10. The molecule has 108 valence electrons. The quantitative estimate of drug-likeness (QED) is 0.754. The van der Waals surface area contributed by atoms with Crippen molar-refractivity contribution in [2.45, 2.75) is 39.2 Å². The number of hydrogen-bond acceptors (Lipinski definition) is 3. The van der Waals surface area contributed by atoms with Crippen molar-refractivity contribution in [1.29, 1.82) is 0 Å². The second-order valence-electron chi connectivity index (χ2n) is 4.79. The fourth-order valence-electron chi connectivity index (χ4n) is 1.98. The molecule has 1 amide bonds. The Kier molecular flexibility index (Phi) is 5.41. The third kappa shape index (κ3) is 4.26. The molecule has 0 unspecified atom stereocenters. The van der Waals surface area contributed by atoms with Gasteiger partial charge in [0.1, 0.15) is 5.76 Å². The number of hydrogen-bond donors (Lipinski definition) is 1. The van der Waals surface area contributed by atoms with E-state index in [0.717, 1.165) is 18.6 Å². The lowest BCUT2D eigenvalue weighted by Gasteiger charge is -2.02. The number of nitrogens with one attached hydrogen (secondary N) is 1. The number of nitrogens with zero attached hydrogens (tertiary/aromatic N) is 2. The molecule has 0 saturated heterocycles. The predicted octanol–water partition coefficient (Wildman–Crippen LogP) is 2.83. The zero-order valence-electron chi connectivity index (χ0n) is 11.8. The monoisotopic (exact) mass is 275 g/mol. The standard InChI is InChI=1S/C15H21N3O2/c1-2-3-4-5-9-16-15(19)14-8-7-13(20-14)12-18-11-6-10-17-18/h6-8,10-11H,2-5,9,12H2,1H3,(H,16,19). The SMILES string of the molecule is CCCCCCNC(=O)c1ccc(Cn2cccn2)o1. The maximum Gasteiger partial charge on any atom is 0.286 e. The van der Waals surface area contributed by atoms with Crippen LogP contribution in [0.2, 0.25) is 0 Å². The van der Waals surface area contributed by atoms with Gasteiger partial charge in [-0.05, 0) is 24.6 Å². The van der Waals surface area contributed by atoms with E-state index in [9.17, 15) is 4.79 Å². The number of unbranched alkanes of at least 4 members (excludes halogenated alkanes) is 3. The summed E-state index contributed by atoms with van der Waals surface area (Å²) in [6.07, 6.45) is 8.15. The second kappa shape index (κ2) is 7.53. The highest BCUT2D eigenvalue weighted by atomic mass is 16.4. The molecule has 0 fully saturated rings. The molecule has 20 heavy (non-hydrogen) atoms. The van der Waals surface area contributed by atoms with Crippen LogP contribution in [0.4, 0.5) is 0 Å². The van der Waals surface area contributed by atoms with E-state index in [1.54, 1.807) is 16.9 Å². The predicted molar refractivity (Wildman–Crippen MR) is 76.5 cm³/mol. The summed E-state index contributed by atoms with van der Waals surface area (Å²) in [4.78, 5) is 11.9. The van der Waals surface area contributed by atoms with Crippen LogP contribution in [0, 0.1) is 0 Å². The lowest BCUT2D eigenvalue weighted by atomic mass is 10.2. The smallest absolute Gasteiger partial charge is 0.286 e. The highest BCUT2D eigenvalue weighted by molar-refractivity contribution is 5.91. The molecule has 5 nitrogen and oxygen atoms in total. The van der Waals surface area contributed by atoms with Gasteiger partial charge in [0.15, 0.2) is 5.76 Å². The maximum absolute atomic E-state index is 11.9. The molecule has 2 aromatic rings. The van der Waals surface area contributed by atoms with Gasteiger partial charge in [0.25, 0.3) is 5.91 Å². The second-order valence-corrected chi connectivity index (χ2v) is 4.79. The Morgan fingerprint density at radius 1 is 1.35 bits per heavy atom. The Hall–Kier alpha value is -2.04. The number of amides is 1. The minimum Gasteiger partial charge on any atom is -0.454 e. The Balaban J connectivity index is 1.77. The molecule has 2 rings (SSSR count). The number of aromatic nitrogens is 2. The molecule has 0 saturated carbocycles. The number of carbonyl (C=O) groups excluding carboxylic acids is 1. The van der Waals surface area contributed by atoms with Crippen molar-refractivity contribution in [3.8, 4) is 0 Å². The Morgan fingerprint density at radius 2 is 2.25 bits per heavy atom. The van der Waals surface area contributed by atoms with E-state index in [0.29, 0.717) is 18.8 Å². The fraction of sp³-hybridized carbons (Fsp3) is 0.467. The minimum atomic E-state index is -0.145. The van der Waals surface area contributed by atoms with Crippen LogP contribution in [0.5, 0.6) is 0 Å². The zero-order valence-corrected chi connectivity index (χ0v) is 11.8. The molecular weight excluding hydrogens is 254 g/mol. The summed E-state index contributed by atoms with van der Waals surface area (Å²) in [5.74, 6) is 0.945. The van der Waals surface area contributed by atoms with Crippen LogP contribution in [0.15, 0.2) is 35.0 Å². The number of furan rings is 1. The molecule has 5 heteroatoms. The largest absolute Gasteiger partial charge is 0.454 e. The first-order valence-electron chi connectivity index (χ1n) is 7.14. The van der Waals surface area contributed by atoms with Gasteiger partial charge in [-0.15, -0.1) is 0 Å². The molecule has 0 bridgehead atoms. The van der Waals surface area contributed by atoms with Crippen LogP contribution >= 0.6 is 0 Å². The van der Waals surface area contributed by atoms with Crippen molar-refractivity contribution >= 4 is 5.91 Å². The Morgan fingerprint density at radius 3 is 3.00 bits per heavy atom. The molecular formula is C15H21N3O2.